The molecule has 0 fully saturated rings. The Labute approximate surface area is 76.8 Å². The highest BCUT2D eigenvalue weighted by Gasteiger charge is 2.19. The van der Waals surface area contributed by atoms with Crippen LogP contribution in [0.2, 0.25) is 0 Å². The number of nitrogens with zero attached hydrogens (tertiary/aromatic N) is 1. The number of allylic oxidation sites excluding steroid dienone is 1. The molecule has 5 heteroatoms. The van der Waals surface area contributed by atoms with Crippen molar-refractivity contribution in [2.75, 3.05) is 0 Å². The molecule has 0 aliphatic carbocycles. The van der Waals surface area contributed by atoms with Crippen molar-refractivity contribution < 1.29 is 9.90 Å². The van der Waals surface area contributed by atoms with E-state index < -0.39 is 17.1 Å². The number of rotatable bonds is 2. The van der Waals surface area contributed by atoms with E-state index in [0.29, 0.717) is 0 Å². The Balaban J connectivity index is 4.62. The molecule has 0 spiro atoms. The lowest BCUT2D eigenvalue weighted by molar-refractivity contribution is -0.119. The Bertz CT molecular complexity index is 247. The van der Waals surface area contributed by atoms with Gasteiger partial charge in [-0.15, -0.1) is 4.91 Å². The molecule has 5 nitrogen and oxygen atoms in total. The third-order valence-corrected chi connectivity index (χ3v) is 1.14. The van der Waals surface area contributed by atoms with Gasteiger partial charge in [0.1, 0.15) is 5.76 Å². The fourth-order valence-corrected chi connectivity index (χ4v) is 0.672. The van der Waals surface area contributed by atoms with Crippen molar-refractivity contribution in [2.24, 2.45) is 5.18 Å². The number of nitrogens with one attached hydrogen (secondary N) is 1. The molecule has 0 atom stereocenters. The zero-order valence-electron chi connectivity index (χ0n) is 8.21. The summed E-state index contributed by atoms with van der Waals surface area (Å²) in [6.45, 7) is 6.53. The van der Waals surface area contributed by atoms with Crippen molar-refractivity contribution in [3.63, 3.8) is 0 Å². The minimum Gasteiger partial charge on any atom is -0.510 e. The smallest absolute Gasteiger partial charge is 0.277 e. The summed E-state index contributed by atoms with van der Waals surface area (Å²) >= 11 is 0. The molecule has 0 aromatic carbocycles. The second kappa shape index (κ2) is 4.02. The number of hydrogen-bond donors (Lipinski definition) is 2. The summed E-state index contributed by atoms with van der Waals surface area (Å²) in [5.41, 5.74) is -0.933. The Morgan fingerprint density at radius 2 is 1.85 bits per heavy atom. The minimum absolute atomic E-state index is 0.378. The van der Waals surface area contributed by atoms with Gasteiger partial charge in [-0.3, -0.25) is 4.79 Å². The summed E-state index contributed by atoms with van der Waals surface area (Å²) in [5, 5.41) is 13.8. The van der Waals surface area contributed by atoms with Crippen molar-refractivity contribution in [3.8, 4) is 0 Å². The van der Waals surface area contributed by atoms with Gasteiger partial charge in [0.05, 0.1) is 0 Å². The van der Waals surface area contributed by atoms with E-state index in [2.05, 4.69) is 10.5 Å². The largest absolute Gasteiger partial charge is 0.510 e. The average Bonchev–Trinajstić information content (AvgIpc) is 1.82. The topological polar surface area (TPSA) is 78.8 Å². The van der Waals surface area contributed by atoms with Crippen LogP contribution in [-0.2, 0) is 4.79 Å². The molecule has 0 heterocycles. The first kappa shape index (κ1) is 11.6. The molecule has 0 aliphatic rings. The minimum atomic E-state index is -0.664. The van der Waals surface area contributed by atoms with Gasteiger partial charge in [0, 0.05) is 5.54 Å². The molecule has 0 radical (unpaired) electrons. The molecule has 0 aromatic heterocycles. The first-order valence-corrected chi connectivity index (χ1v) is 3.83. The van der Waals surface area contributed by atoms with Gasteiger partial charge < -0.3 is 10.4 Å². The van der Waals surface area contributed by atoms with Crippen LogP contribution >= 0.6 is 0 Å². The van der Waals surface area contributed by atoms with Crippen molar-refractivity contribution in [3.05, 3.63) is 16.4 Å². The van der Waals surface area contributed by atoms with E-state index in [4.69, 9.17) is 5.11 Å². The number of aliphatic hydroxyl groups is 1. The molecule has 74 valence electrons. The highest BCUT2D eigenvalue weighted by atomic mass is 16.3. The van der Waals surface area contributed by atoms with Gasteiger partial charge in [-0.25, -0.2) is 0 Å². The molecule has 13 heavy (non-hydrogen) atoms. The quantitative estimate of drug-likeness (QED) is 0.389. The zero-order valence-corrected chi connectivity index (χ0v) is 8.21. The highest BCUT2D eigenvalue weighted by molar-refractivity contribution is 5.93. The standard InChI is InChI=1S/C8H14N2O3/c1-5(11)6(10-13)7(12)9-8(2,3)4/h11H,1-4H3,(H,9,12). The van der Waals surface area contributed by atoms with Crippen molar-refractivity contribution in [1.29, 1.82) is 0 Å². The Morgan fingerprint density at radius 3 is 2.08 bits per heavy atom. The summed E-state index contributed by atoms with van der Waals surface area (Å²) < 4.78 is 0. The van der Waals surface area contributed by atoms with E-state index in [1.54, 1.807) is 20.8 Å². The Kier molecular flexibility index (Phi) is 3.59. The molecular formula is C8H14N2O3. The maximum atomic E-state index is 11.2. The van der Waals surface area contributed by atoms with Crippen LogP contribution in [0, 0.1) is 4.91 Å². The zero-order chi connectivity index (χ0) is 10.6. The van der Waals surface area contributed by atoms with E-state index >= 15 is 0 Å². The van der Waals surface area contributed by atoms with Gasteiger partial charge in [-0.1, -0.05) is 0 Å². The van der Waals surface area contributed by atoms with Gasteiger partial charge >= 0.3 is 0 Å². The summed E-state index contributed by atoms with van der Waals surface area (Å²) in [7, 11) is 0. The van der Waals surface area contributed by atoms with Crippen LogP contribution in [0.3, 0.4) is 0 Å². The Hall–Kier alpha value is -1.39. The van der Waals surface area contributed by atoms with E-state index in [9.17, 15) is 9.70 Å². The molecule has 0 aliphatic heterocycles. The molecular weight excluding hydrogens is 172 g/mol. The van der Waals surface area contributed by atoms with E-state index in [1.807, 2.05) is 0 Å². The van der Waals surface area contributed by atoms with E-state index in [1.165, 1.54) is 6.92 Å². The number of aliphatic hydroxyl groups excluding tert-OH is 1. The molecule has 0 saturated carbocycles. The molecule has 1 amide bonds. The molecule has 0 aromatic rings. The summed E-state index contributed by atoms with van der Waals surface area (Å²) in [6, 6.07) is 0. The normalized spacial score (nSPS) is 13.2. The molecule has 2 N–H and O–H groups in total. The summed E-state index contributed by atoms with van der Waals surface area (Å²) in [6.07, 6.45) is 0. The maximum absolute atomic E-state index is 11.2. The van der Waals surface area contributed by atoms with Gasteiger partial charge in [-0.2, -0.15) is 0 Å². The number of hydrogen-bond acceptors (Lipinski definition) is 4. The molecule has 0 saturated heterocycles. The third kappa shape index (κ3) is 4.25. The van der Waals surface area contributed by atoms with E-state index in [-0.39, 0.29) is 5.76 Å². The van der Waals surface area contributed by atoms with Crippen LogP contribution in [-0.4, -0.2) is 16.6 Å². The van der Waals surface area contributed by atoms with Gasteiger partial charge in [0.15, 0.2) is 0 Å². The molecule has 0 rings (SSSR count). The van der Waals surface area contributed by atoms with Crippen LogP contribution in [0.25, 0.3) is 0 Å². The fourth-order valence-electron chi connectivity index (χ4n) is 0.672. The SMILES string of the molecule is CC(O)=C(N=O)C(=O)NC(C)(C)C. The predicted octanol–water partition coefficient (Wildman–Crippen LogP) is 1.46. The van der Waals surface area contributed by atoms with Crippen molar-refractivity contribution in [1.82, 2.24) is 5.32 Å². The van der Waals surface area contributed by atoms with Gasteiger partial charge in [-0.05, 0) is 32.9 Å². The monoisotopic (exact) mass is 186 g/mol. The summed E-state index contributed by atoms with van der Waals surface area (Å²) in [5.74, 6) is -1.04. The van der Waals surface area contributed by atoms with Crippen molar-refractivity contribution in [2.45, 2.75) is 33.2 Å². The van der Waals surface area contributed by atoms with Gasteiger partial charge in [0.25, 0.3) is 5.91 Å². The lowest BCUT2D eigenvalue weighted by atomic mass is 10.1. The van der Waals surface area contributed by atoms with Gasteiger partial charge in [0.2, 0.25) is 5.70 Å². The maximum Gasteiger partial charge on any atom is 0.277 e. The fraction of sp³-hybridized carbons (Fsp3) is 0.625. The molecule has 0 bridgehead atoms. The van der Waals surface area contributed by atoms with Crippen LogP contribution in [0.1, 0.15) is 27.7 Å². The predicted molar refractivity (Wildman–Crippen MR) is 49.0 cm³/mol. The average molecular weight is 186 g/mol. The first-order chi connectivity index (χ1) is 5.78. The van der Waals surface area contributed by atoms with Crippen molar-refractivity contribution >= 4 is 5.91 Å². The van der Waals surface area contributed by atoms with E-state index in [0.717, 1.165) is 0 Å². The highest BCUT2D eigenvalue weighted by Crippen LogP contribution is 2.06. The van der Waals surface area contributed by atoms with Crippen LogP contribution in [0.15, 0.2) is 16.6 Å². The lowest BCUT2D eigenvalue weighted by Crippen LogP contribution is -2.41. The Morgan fingerprint density at radius 1 is 1.38 bits per heavy atom. The number of carbonyl (C=O) groups excluding carboxylic acids is 1. The van der Waals surface area contributed by atoms with Crippen LogP contribution < -0.4 is 5.32 Å². The second-order valence-electron chi connectivity index (χ2n) is 3.73. The van der Waals surface area contributed by atoms with Crippen LogP contribution in [0.4, 0.5) is 0 Å². The molecule has 0 unspecified atom stereocenters. The number of amides is 1. The third-order valence-electron chi connectivity index (χ3n) is 1.14. The second-order valence-corrected chi connectivity index (χ2v) is 3.73. The number of carbonyl (C=O) groups is 1. The first-order valence-electron chi connectivity index (χ1n) is 3.83. The van der Waals surface area contributed by atoms with Crippen LogP contribution in [0.5, 0.6) is 0 Å². The lowest BCUT2D eigenvalue weighted by Gasteiger charge is -2.19. The summed E-state index contributed by atoms with van der Waals surface area (Å²) in [4.78, 5) is 21.4. The number of nitroso groups, excluding NO2 is 1.